The van der Waals surface area contributed by atoms with E-state index in [0.29, 0.717) is 37.2 Å². The Morgan fingerprint density at radius 2 is 1.58 bits per heavy atom. The van der Waals surface area contributed by atoms with E-state index in [-0.39, 0.29) is 67.6 Å². The molecule has 4 rings (SSSR count). The summed E-state index contributed by atoms with van der Waals surface area (Å²) < 4.78 is 28.0. The van der Waals surface area contributed by atoms with E-state index < -0.39 is 46.4 Å². The maximum absolute atomic E-state index is 14.8. The Bertz CT molecular complexity index is 2060. The lowest BCUT2D eigenvalue weighted by atomic mass is 9.79. The lowest BCUT2D eigenvalue weighted by Gasteiger charge is -2.33. The lowest BCUT2D eigenvalue weighted by molar-refractivity contribution is -0.137. The number of hydrogen-bond acceptors (Lipinski definition) is 6. The second-order valence-electron chi connectivity index (χ2n) is 18.6. The molecule has 0 spiro atoms. The number of carbonyl (C=O) groups excluding carboxylic acids is 6. The summed E-state index contributed by atoms with van der Waals surface area (Å²) in [7, 11) is 0. The van der Waals surface area contributed by atoms with Crippen LogP contribution in [0.5, 0.6) is 0 Å². The normalized spacial score (nSPS) is 24.1. The van der Waals surface area contributed by atoms with E-state index in [2.05, 4.69) is 41.6 Å². The summed E-state index contributed by atoms with van der Waals surface area (Å²) in [6, 6.07) is 11.1. The first-order valence-electron chi connectivity index (χ1n) is 22.7. The molecule has 0 bridgehead atoms. The Hall–Kier alpha value is -4.80. The number of allylic oxidation sites excluding steroid dienone is 2. The predicted molar refractivity (Wildman–Crippen MR) is 240 cm³/mol. The van der Waals surface area contributed by atoms with Crippen molar-refractivity contribution in [2.24, 2.45) is 23.7 Å². The van der Waals surface area contributed by atoms with E-state index in [4.69, 9.17) is 0 Å². The molecular formula is C51H69F2N3O6. The van der Waals surface area contributed by atoms with Gasteiger partial charge >= 0.3 is 0 Å². The molecule has 3 aromatic rings. The summed E-state index contributed by atoms with van der Waals surface area (Å²) in [5.74, 6) is -5.72. The molecule has 62 heavy (non-hydrogen) atoms. The zero-order valence-corrected chi connectivity index (χ0v) is 37.8. The SMILES string of the molecule is CC(=O)C[C@@H](Cc1ccc(F)c(F)c1)C(=O)N[C@]1(C)CCCCCC/C=C/CCC[C@@](C)(C(C)=O)NC(=O)[C@H](CCC(C)C)CCC(=O)[C@H](Cc2c[nH]c3ccccc23)CC1=O. The van der Waals surface area contributed by atoms with Crippen molar-refractivity contribution >= 4 is 45.9 Å². The number of halogens is 2. The van der Waals surface area contributed by atoms with Crippen LogP contribution in [0.4, 0.5) is 8.78 Å². The van der Waals surface area contributed by atoms with Crippen LogP contribution >= 0.6 is 0 Å². The topological polar surface area (TPSA) is 142 Å². The fourth-order valence-corrected chi connectivity index (χ4v) is 8.58. The zero-order valence-electron chi connectivity index (χ0n) is 37.8. The molecule has 9 nitrogen and oxygen atoms in total. The molecule has 2 heterocycles. The highest BCUT2D eigenvalue weighted by molar-refractivity contribution is 5.97. The van der Waals surface area contributed by atoms with Gasteiger partial charge in [0, 0.05) is 54.1 Å². The van der Waals surface area contributed by atoms with Crippen molar-refractivity contribution in [3.63, 3.8) is 0 Å². The van der Waals surface area contributed by atoms with Crippen LogP contribution in [0, 0.1) is 35.3 Å². The van der Waals surface area contributed by atoms with E-state index in [9.17, 15) is 37.5 Å². The highest BCUT2D eigenvalue weighted by Gasteiger charge is 2.39. The largest absolute Gasteiger partial charge is 0.361 e. The number of H-pyrrole nitrogens is 1. The predicted octanol–water partition coefficient (Wildman–Crippen LogP) is 10.2. The van der Waals surface area contributed by atoms with Gasteiger partial charge in [-0.3, -0.25) is 24.0 Å². The molecular weight excluding hydrogens is 789 g/mol. The summed E-state index contributed by atoms with van der Waals surface area (Å²) in [5.41, 5.74) is -0.350. The van der Waals surface area contributed by atoms with Crippen LogP contribution in [0.3, 0.4) is 0 Å². The van der Waals surface area contributed by atoms with Crippen LogP contribution in [-0.4, -0.2) is 51.0 Å². The Labute approximate surface area is 367 Å². The van der Waals surface area contributed by atoms with Crippen LogP contribution in [-0.2, 0) is 41.6 Å². The minimum atomic E-state index is -1.41. The smallest absolute Gasteiger partial charge is 0.224 e. The molecule has 5 atom stereocenters. The van der Waals surface area contributed by atoms with E-state index in [1.807, 2.05) is 30.5 Å². The second kappa shape index (κ2) is 23.6. The van der Waals surface area contributed by atoms with Gasteiger partial charge in [-0.15, -0.1) is 0 Å². The van der Waals surface area contributed by atoms with Gasteiger partial charge < -0.3 is 20.4 Å². The van der Waals surface area contributed by atoms with Crippen LogP contribution in [0.1, 0.15) is 149 Å². The van der Waals surface area contributed by atoms with Gasteiger partial charge in [0.05, 0.1) is 11.1 Å². The molecule has 0 fully saturated rings. The van der Waals surface area contributed by atoms with Gasteiger partial charge in [0.2, 0.25) is 11.8 Å². The van der Waals surface area contributed by atoms with E-state index in [0.717, 1.165) is 73.5 Å². The number of Topliss-reactive ketones (excluding diaryl/α,β-unsaturated/α-hetero) is 4. The van der Waals surface area contributed by atoms with E-state index in [1.54, 1.807) is 13.8 Å². The molecule has 0 saturated carbocycles. The maximum atomic E-state index is 14.8. The Kier molecular flexibility index (Phi) is 19.0. The highest BCUT2D eigenvalue weighted by Crippen LogP contribution is 2.30. The van der Waals surface area contributed by atoms with Gasteiger partial charge in [0.25, 0.3) is 0 Å². The second-order valence-corrected chi connectivity index (χ2v) is 18.6. The van der Waals surface area contributed by atoms with Crippen molar-refractivity contribution in [2.45, 2.75) is 162 Å². The van der Waals surface area contributed by atoms with Gasteiger partial charge in [-0.05, 0) is 127 Å². The number of hydrogen-bond donors (Lipinski definition) is 3. The van der Waals surface area contributed by atoms with Crippen LogP contribution < -0.4 is 10.6 Å². The average Bonchev–Trinajstić information content (AvgIpc) is 3.62. The minimum Gasteiger partial charge on any atom is -0.361 e. The standard InChI is InChI=1S/C51H69F2N3O6/c1-34(2)20-22-38-23-25-46(59)39(31-41-33-54-45-19-15-14-18-42(41)45)32-47(60)51(6,56-49(62)40(28-35(3)57)29-37-21-24-43(52)44(53)30-37)27-17-13-11-9-7-8-10-12-16-26-50(5,36(4)58)55-48(38)61/h8,10,14-15,18-19,21,24,30,33-34,38-40,54H,7,9,11-13,16-17,20,22-23,25-29,31-32H2,1-6H3,(H,55,61)(H,56,62)/b10-8+/t38-,39-,40+,50+,51-/m1/s1. The van der Waals surface area contributed by atoms with E-state index in [1.165, 1.54) is 19.9 Å². The lowest BCUT2D eigenvalue weighted by Crippen LogP contribution is -2.55. The third-order valence-electron chi connectivity index (χ3n) is 12.8. The maximum Gasteiger partial charge on any atom is 0.224 e. The minimum absolute atomic E-state index is 0.0378. The first-order valence-corrected chi connectivity index (χ1v) is 22.7. The van der Waals surface area contributed by atoms with Crippen molar-refractivity contribution in [1.82, 2.24) is 15.6 Å². The highest BCUT2D eigenvalue weighted by atomic mass is 19.2. The molecule has 338 valence electrons. The number of fused-ring (bicyclic) bond motifs is 1. The molecule has 0 unspecified atom stereocenters. The summed E-state index contributed by atoms with van der Waals surface area (Å²) in [6.07, 6.45) is 13.9. The van der Waals surface area contributed by atoms with Gasteiger partial charge in [-0.1, -0.05) is 75.9 Å². The summed E-state index contributed by atoms with van der Waals surface area (Å²) in [4.78, 5) is 86.4. The fourth-order valence-electron chi connectivity index (χ4n) is 8.58. The Morgan fingerprint density at radius 3 is 2.27 bits per heavy atom. The van der Waals surface area contributed by atoms with Crippen molar-refractivity contribution < 1.29 is 37.5 Å². The van der Waals surface area contributed by atoms with Gasteiger partial charge in [-0.2, -0.15) is 0 Å². The summed E-state index contributed by atoms with van der Waals surface area (Å²) in [5, 5.41) is 7.02. The van der Waals surface area contributed by atoms with Crippen molar-refractivity contribution in [3.8, 4) is 0 Å². The van der Waals surface area contributed by atoms with E-state index >= 15 is 0 Å². The number of para-hydroxylation sites is 1. The molecule has 1 aliphatic rings. The number of ketones is 4. The first kappa shape index (κ1) is 49.9. The number of aromatic nitrogens is 1. The van der Waals surface area contributed by atoms with Crippen molar-refractivity contribution in [2.75, 3.05) is 0 Å². The number of benzene rings is 2. The van der Waals surface area contributed by atoms with Crippen molar-refractivity contribution in [1.29, 1.82) is 0 Å². The van der Waals surface area contributed by atoms with Crippen LogP contribution in [0.25, 0.3) is 10.9 Å². The molecule has 0 aliphatic carbocycles. The molecule has 11 heteroatoms. The summed E-state index contributed by atoms with van der Waals surface area (Å²) in [6.45, 7) is 10.5. The van der Waals surface area contributed by atoms with Gasteiger partial charge in [0.15, 0.2) is 23.2 Å². The molecule has 0 saturated heterocycles. The number of rotatable bonds is 12. The Morgan fingerprint density at radius 1 is 0.871 bits per heavy atom. The van der Waals surface area contributed by atoms with Crippen LogP contribution in [0.15, 0.2) is 60.8 Å². The molecule has 2 aromatic carbocycles. The number of nitrogens with one attached hydrogen (secondary N) is 3. The van der Waals surface area contributed by atoms with Gasteiger partial charge in [0.1, 0.15) is 11.6 Å². The number of amides is 2. The summed E-state index contributed by atoms with van der Waals surface area (Å²) >= 11 is 0. The van der Waals surface area contributed by atoms with Gasteiger partial charge in [-0.25, -0.2) is 8.78 Å². The first-order chi connectivity index (χ1) is 29.4. The van der Waals surface area contributed by atoms with Crippen LogP contribution in [0.2, 0.25) is 0 Å². The molecule has 1 aromatic heterocycles. The quantitative estimate of drug-likeness (QED) is 0.155. The fraction of sp³-hybridized carbons (Fsp3) is 0.569. The molecule has 3 N–H and O–H groups in total. The molecule has 0 radical (unpaired) electrons. The molecule has 2 amide bonds. The zero-order chi connectivity index (χ0) is 45.5. The Balaban J connectivity index is 1.70. The van der Waals surface area contributed by atoms with Crippen molar-refractivity contribution in [3.05, 3.63) is 83.6 Å². The monoisotopic (exact) mass is 858 g/mol. The number of aromatic amines is 1. The number of carbonyl (C=O) groups is 6. The third kappa shape index (κ3) is 14.9. The average molecular weight is 858 g/mol. The third-order valence-corrected chi connectivity index (χ3v) is 12.8. The molecule has 1 aliphatic heterocycles.